The quantitative estimate of drug-likeness (QED) is 0.820. The molecule has 1 amide bonds. The monoisotopic (exact) mass is 387 g/mol. The second-order valence-electron chi connectivity index (χ2n) is 6.59. The molecular weight excluding hydrogens is 365 g/mol. The fraction of sp³-hybridized carbons (Fsp3) is 0.286. The molecule has 6 heteroatoms. The number of rotatable bonds is 6. The molecule has 0 aliphatic carbocycles. The minimum absolute atomic E-state index is 0.0716. The first kappa shape index (κ1) is 19.5. The highest BCUT2D eigenvalue weighted by atomic mass is 35.5. The Morgan fingerprint density at radius 3 is 2.30 bits per heavy atom. The van der Waals surface area contributed by atoms with E-state index in [1.165, 1.54) is 12.1 Å². The smallest absolute Gasteiger partial charge is 0.238 e. The maximum Gasteiger partial charge on any atom is 0.238 e. The van der Waals surface area contributed by atoms with E-state index in [4.69, 9.17) is 11.6 Å². The van der Waals surface area contributed by atoms with Crippen molar-refractivity contribution in [1.29, 1.82) is 0 Å². The van der Waals surface area contributed by atoms with E-state index in [1.807, 2.05) is 24.3 Å². The summed E-state index contributed by atoms with van der Waals surface area (Å²) in [4.78, 5) is 16.6. The first-order chi connectivity index (χ1) is 13.1. The van der Waals surface area contributed by atoms with E-state index in [0.29, 0.717) is 12.2 Å². The zero-order chi connectivity index (χ0) is 19.1. The van der Waals surface area contributed by atoms with Gasteiger partial charge in [0.15, 0.2) is 0 Å². The lowest BCUT2D eigenvalue weighted by molar-refractivity contribution is -0.117. The molecule has 0 unspecified atom stereocenters. The average Bonchev–Trinajstić information content (AvgIpc) is 2.67. The van der Waals surface area contributed by atoms with Crippen molar-refractivity contribution in [3.8, 4) is 0 Å². The van der Waals surface area contributed by atoms with Crippen LogP contribution in [0.25, 0.3) is 6.08 Å². The second-order valence-corrected chi connectivity index (χ2v) is 7.02. The van der Waals surface area contributed by atoms with E-state index in [0.717, 1.165) is 43.3 Å². The number of anilines is 1. The van der Waals surface area contributed by atoms with Gasteiger partial charge in [0.05, 0.1) is 6.54 Å². The van der Waals surface area contributed by atoms with Gasteiger partial charge in [-0.15, -0.1) is 0 Å². The van der Waals surface area contributed by atoms with Gasteiger partial charge >= 0.3 is 0 Å². The summed E-state index contributed by atoms with van der Waals surface area (Å²) in [6.07, 6.45) is 4.25. The van der Waals surface area contributed by atoms with Crippen molar-refractivity contribution in [3.63, 3.8) is 0 Å². The molecule has 3 rings (SSSR count). The summed E-state index contributed by atoms with van der Waals surface area (Å²) in [5.74, 6) is -0.382. The summed E-state index contributed by atoms with van der Waals surface area (Å²) < 4.78 is 12.9. The predicted octanol–water partition coefficient (Wildman–Crippen LogP) is 3.75. The van der Waals surface area contributed by atoms with Crippen LogP contribution in [0.15, 0.2) is 54.6 Å². The van der Waals surface area contributed by atoms with Crippen molar-refractivity contribution < 1.29 is 9.18 Å². The average molecular weight is 388 g/mol. The number of hydrogen-bond donors (Lipinski definition) is 1. The van der Waals surface area contributed by atoms with E-state index >= 15 is 0 Å². The Morgan fingerprint density at radius 1 is 1.00 bits per heavy atom. The van der Waals surface area contributed by atoms with Gasteiger partial charge in [-0.25, -0.2) is 4.39 Å². The fourth-order valence-corrected chi connectivity index (χ4v) is 3.10. The van der Waals surface area contributed by atoms with Crippen molar-refractivity contribution in [2.45, 2.75) is 0 Å². The molecule has 1 saturated heterocycles. The number of benzene rings is 2. The molecule has 1 aliphatic rings. The van der Waals surface area contributed by atoms with Crippen LogP contribution in [-0.2, 0) is 4.79 Å². The van der Waals surface area contributed by atoms with Crippen molar-refractivity contribution in [2.24, 2.45) is 0 Å². The van der Waals surface area contributed by atoms with E-state index in [1.54, 1.807) is 12.1 Å². The molecule has 1 fully saturated rings. The lowest BCUT2D eigenvalue weighted by Gasteiger charge is -2.33. The molecule has 0 radical (unpaired) electrons. The molecule has 2 aromatic carbocycles. The molecular formula is C21H23ClFN3O. The summed E-state index contributed by atoms with van der Waals surface area (Å²) in [6, 6.07) is 13.6. The molecule has 1 heterocycles. The molecule has 4 nitrogen and oxygen atoms in total. The Bertz CT molecular complexity index is 769. The minimum atomic E-state index is -0.311. The van der Waals surface area contributed by atoms with Crippen LogP contribution in [0, 0.1) is 5.82 Å². The first-order valence-electron chi connectivity index (χ1n) is 9.01. The standard InChI is InChI=1S/C21H23ClFN3O/c22-18-5-3-17(4-6-18)2-1-11-25-12-14-26(15-13-25)16-21(27)24-20-9-7-19(23)8-10-20/h1-10H,11-16H2,(H,24,27)/b2-1+. The van der Waals surface area contributed by atoms with Gasteiger partial charge in [-0.05, 0) is 42.0 Å². The van der Waals surface area contributed by atoms with Gasteiger partial charge in [-0.1, -0.05) is 35.9 Å². The molecule has 2 aromatic rings. The van der Waals surface area contributed by atoms with E-state index < -0.39 is 0 Å². The number of nitrogens with zero attached hydrogens (tertiary/aromatic N) is 2. The Morgan fingerprint density at radius 2 is 1.63 bits per heavy atom. The summed E-state index contributed by atoms with van der Waals surface area (Å²) in [5.41, 5.74) is 1.75. The third-order valence-corrected chi connectivity index (χ3v) is 4.76. The fourth-order valence-electron chi connectivity index (χ4n) is 2.98. The summed E-state index contributed by atoms with van der Waals surface area (Å²) in [7, 11) is 0. The van der Waals surface area contributed by atoms with Gasteiger partial charge in [-0.3, -0.25) is 14.6 Å². The van der Waals surface area contributed by atoms with Crippen LogP contribution < -0.4 is 5.32 Å². The van der Waals surface area contributed by atoms with Crippen LogP contribution >= 0.6 is 11.6 Å². The Labute approximate surface area is 164 Å². The molecule has 1 aliphatic heterocycles. The van der Waals surface area contributed by atoms with Crippen molar-refractivity contribution >= 4 is 29.3 Å². The SMILES string of the molecule is O=C(CN1CCN(C/C=C/c2ccc(Cl)cc2)CC1)Nc1ccc(F)cc1. The predicted molar refractivity (Wildman–Crippen MR) is 108 cm³/mol. The topological polar surface area (TPSA) is 35.6 Å². The highest BCUT2D eigenvalue weighted by molar-refractivity contribution is 6.30. The van der Waals surface area contributed by atoms with Crippen LogP contribution in [0.4, 0.5) is 10.1 Å². The number of halogens is 2. The Balaban J connectivity index is 1.37. The Kier molecular flexibility index (Phi) is 6.98. The maximum atomic E-state index is 12.9. The van der Waals surface area contributed by atoms with Crippen LogP contribution in [0.2, 0.25) is 5.02 Å². The highest BCUT2D eigenvalue weighted by Gasteiger charge is 2.18. The van der Waals surface area contributed by atoms with Crippen molar-refractivity contribution in [1.82, 2.24) is 9.80 Å². The molecule has 0 spiro atoms. The summed E-state index contributed by atoms with van der Waals surface area (Å²) in [5, 5.41) is 3.54. The van der Waals surface area contributed by atoms with Gasteiger partial charge in [0, 0.05) is 43.4 Å². The molecule has 27 heavy (non-hydrogen) atoms. The number of amides is 1. The second kappa shape index (κ2) is 9.65. The van der Waals surface area contributed by atoms with E-state index in [-0.39, 0.29) is 11.7 Å². The van der Waals surface area contributed by atoms with Crippen LogP contribution in [0.3, 0.4) is 0 Å². The van der Waals surface area contributed by atoms with Gasteiger partial charge in [-0.2, -0.15) is 0 Å². The molecule has 1 N–H and O–H groups in total. The number of hydrogen-bond acceptors (Lipinski definition) is 3. The lowest BCUT2D eigenvalue weighted by Crippen LogP contribution is -2.48. The number of nitrogens with one attached hydrogen (secondary N) is 1. The molecule has 0 atom stereocenters. The maximum absolute atomic E-state index is 12.9. The number of piperazine rings is 1. The summed E-state index contributed by atoms with van der Waals surface area (Å²) >= 11 is 5.89. The van der Waals surface area contributed by atoms with Crippen molar-refractivity contribution in [2.75, 3.05) is 44.6 Å². The zero-order valence-electron chi connectivity index (χ0n) is 15.1. The Hall–Kier alpha value is -2.21. The molecule has 0 aromatic heterocycles. The minimum Gasteiger partial charge on any atom is -0.325 e. The zero-order valence-corrected chi connectivity index (χ0v) is 15.8. The van der Waals surface area contributed by atoms with Crippen LogP contribution in [0.1, 0.15) is 5.56 Å². The highest BCUT2D eigenvalue weighted by Crippen LogP contribution is 2.11. The molecule has 0 bridgehead atoms. The van der Waals surface area contributed by atoms with Crippen LogP contribution in [-0.4, -0.2) is 55.0 Å². The number of carbonyl (C=O) groups is 1. The van der Waals surface area contributed by atoms with Gasteiger partial charge < -0.3 is 5.32 Å². The van der Waals surface area contributed by atoms with Gasteiger partial charge in [0.25, 0.3) is 0 Å². The summed E-state index contributed by atoms with van der Waals surface area (Å²) in [6.45, 7) is 4.80. The molecule has 142 valence electrons. The van der Waals surface area contributed by atoms with Gasteiger partial charge in [0.2, 0.25) is 5.91 Å². The molecule has 0 saturated carbocycles. The third kappa shape index (κ3) is 6.47. The normalized spacial score (nSPS) is 15.9. The largest absolute Gasteiger partial charge is 0.325 e. The van der Waals surface area contributed by atoms with Crippen molar-refractivity contribution in [3.05, 3.63) is 71.0 Å². The van der Waals surface area contributed by atoms with Crippen LogP contribution in [0.5, 0.6) is 0 Å². The third-order valence-electron chi connectivity index (χ3n) is 4.50. The van der Waals surface area contributed by atoms with E-state index in [9.17, 15) is 9.18 Å². The van der Waals surface area contributed by atoms with Gasteiger partial charge in [0.1, 0.15) is 5.82 Å². The first-order valence-corrected chi connectivity index (χ1v) is 9.38. The number of carbonyl (C=O) groups excluding carboxylic acids is 1. The lowest BCUT2D eigenvalue weighted by atomic mass is 10.2. The van der Waals surface area contributed by atoms with E-state index in [2.05, 4.69) is 27.3 Å².